The van der Waals surface area contributed by atoms with E-state index in [-0.39, 0.29) is 0 Å². The number of nitrogens with zero attached hydrogens (tertiary/aromatic N) is 1. The first-order valence-corrected chi connectivity index (χ1v) is 6.53. The molecule has 2 N–H and O–H groups in total. The number of piperazine rings is 1. The molecule has 2 rings (SSSR count). The third-order valence-corrected chi connectivity index (χ3v) is 3.42. The van der Waals surface area contributed by atoms with Gasteiger partial charge in [-0.15, -0.1) is 0 Å². The first-order valence-electron chi connectivity index (χ1n) is 6.53. The van der Waals surface area contributed by atoms with Crippen LogP contribution >= 0.6 is 0 Å². The molecule has 0 aliphatic carbocycles. The normalized spacial score (nSPS) is 19.8. The number of carboxylic acids is 1. The number of hydrogen-bond acceptors (Lipinski definition) is 3. The van der Waals surface area contributed by atoms with Crippen LogP contribution in [-0.4, -0.2) is 36.8 Å². The molecule has 1 saturated heterocycles. The van der Waals surface area contributed by atoms with Crippen LogP contribution in [0.5, 0.6) is 0 Å². The zero-order valence-electron chi connectivity index (χ0n) is 10.7. The summed E-state index contributed by atoms with van der Waals surface area (Å²) in [5.41, 5.74) is 1.26. The van der Waals surface area contributed by atoms with Gasteiger partial charge in [-0.25, -0.2) is 4.79 Å². The van der Waals surface area contributed by atoms with Crippen molar-refractivity contribution in [2.24, 2.45) is 0 Å². The average molecular weight is 248 g/mol. The second-order valence-electron chi connectivity index (χ2n) is 4.66. The Hall–Kier alpha value is -1.55. The van der Waals surface area contributed by atoms with Crippen LogP contribution in [0.3, 0.4) is 0 Å². The molecule has 1 atom stereocenters. The van der Waals surface area contributed by atoms with Gasteiger partial charge in [-0.1, -0.05) is 25.5 Å². The molecule has 98 valence electrons. The number of carboxylic acid groups (broad SMARTS) is 1. The van der Waals surface area contributed by atoms with E-state index in [0.717, 1.165) is 38.2 Å². The average Bonchev–Trinajstić information content (AvgIpc) is 2.40. The van der Waals surface area contributed by atoms with Gasteiger partial charge in [0.05, 0.1) is 11.3 Å². The van der Waals surface area contributed by atoms with Crippen molar-refractivity contribution >= 4 is 11.7 Å². The second kappa shape index (κ2) is 5.87. The van der Waals surface area contributed by atoms with Crippen molar-refractivity contribution in [2.45, 2.75) is 25.8 Å². The molecule has 1 unspecified atom stereocenters. The second-order valence-corrected chi connectivity index (χ2v) is 4.66. The van der Waals surface area contributed by atoms with Crippen molar-refractivity contribution in [1.29, 1.82) is 0 Å². The molecule has 1 aliphatic rings. The SMILES string of the molecule is CCCC1CNCCN1c1ccccc1C(=O)O. The Kier molecular flexibility index (Phi) is 4.20. The highest BCUT2D eigenvalue weighted by atomic mass is 16.4. The molecular formula is C14H20N2O2. The molecule has 4 heteroatoms. The number of rotatable bonds is 4. The molecule has 4 nitrogen and oxygen atoms in total. The van der Waals surface area contributed by atoms with E-state index < -0.39 is 5.97 Å². The third kappa shape index (κ3) is 2.64. The van der Waals surface area contributed by atoms with E-state index >= 15 is 0 Å². The highest BCUT2D eigenvalue weighted by Gasteiger charge is 2.24. The number of hydrogen-bond donors (Lipinski definition) is 2. The number of para-hydroxylation sites is 1. The Bertz CT molecular complexity index is 418. The summed E-state index contributed by atoms with van der Waals surface area (Å²) in [6.45, 7) is 4.88. The minimum atomic E-state index is -0.848. The van der Waals surface area contributed by atoms with Crippen LogP contribution in [0.4, 0.5) is 5.69 Å². The summed E-state index contributed by atoms with van der Waals surface area (Å²) in [5.74, 6) is -0.848. The summed E-state index contributed by atoms with van der Waals surface area (Å²) in [7, 11) is 0. The maximum atomic E-state index is 11.3. The van der Waals surface area contributed by atoms with Crippen LogP contribution in [0, 0.1) is 0 Å². The molecular weight excluding hydrogens is 228 g/mol. The lowest BCUT2D eigenvalue weighted by Crippen LogP contribution is -2.51. The van der Waals surface area contributed by atoms with Crippen LogP contribution < -0.4 is 10.2 Å². The highest BCUT2D eigenvalue weighted by molar-refractivity contribution is 5.94. The molecule has 0 bridgehead atoms. The first-order chi connectivity index (χ1) is 8.74. The smallest absolute Gasteiger partial charge is 0.337 e. The maximum absolute atomic E-state index is 11.3. The molecule has 1 aromatic rings. The largest absolute Gasteiger partial charge is 0.478 e. The van der Waals surface area contributed by atoms with Crippen LogP contribution in [-0.2, 0) is 0 Å². The molecule has 1 aromatic carbocycles. The summed E-state index contributed by atoms with van der Waals surface area (Å²) < 4.78 is 0. The zero-order valence-corrected chi connectivity index (χ0v) is 10.7. The fraction of sp³-hybridized carbons (Fsp3) is 0.500. The van der Waals surface area contributed by atoms with Crippen molar-refractivity contribution in [3.63, 3.8) is 0 Å². The van der Waals surface area contributed by atoms with Gasteiger partial charge < -0.3 is 15.3 Å². The molecule has 0 saturated carbocycles. The Morgan fingerprint density at radius 2 is 2.28 bits per heavy atom. The monoisotopic (exact) mass is 248 g/mol. The molecule has 0 amide bonds. The van der Waals surface area contributed by atoms with Crippen molar-refractivity contribution < 1.29 is 9.90 Å². The van der Waals surface area contributed by atoms with E-state index in [2.05, 4.69) is 17.1 Å². The highest BCUT2D eigenvalue weighted by Crippen LogP contribution is 2.25. The van der Waals surface area contributed by atoms with Gasteiger partial charge in [0.15, 0.2) is 0 Å². The lowest BCUT2D eigenvalue weighted by molar-refractivity contribution is 0.0697. The van der Waals surface area contributed by atoms with Crippen molar-refractivity contribution in [3.8, 4) is 0 Å². The standard InChI is InChI=1S/C14H20N2O2/c1-2-5-11-10-15-8-9-16(11)13-7-4-3-6-12(13)14(17)18/h3-4,6-7,11,15H,2,5,8-10H2,1H3,(H,17,18). The van der Waals surface area contributed by atoms with Gasteiger partial charge >= 0.3 is 5.97 Å². The predicted molar refractivity (Wildman–Crippen MR) is 72.3 cm³/mol. The number of anilines is 1. The van der Waals surface area contributed by atoms with Gasteiger partial charge in [0, 0.05) is 25.7 Å². The minimum Gasteiger partial charge on any atom is -0.478 e. The molecule has 18 heavy (non-hydrogen) atoms. The third-order valence-electron chi connectivity index (χ3n) is 3.42. The summed E-state index contributed by atoms with van der Waals surface area (Å²) in [6.07, 6.45) is 2.19. The number of carbonyl (C=O) groups is 1. The summed E-state index contributed by atoms with van der Waals surface area (Å²) in [6, 6.07) is 7.68. The number of aromatic carboxylic acids is 1. The molecule has 0 spiro atoms. The molecule has 0 radical (unpaired) electrons. The Labute approximate surface area is 108 Å². The van der Waals surface area contributed by atoms with E-state index in [1.165, 1.54) is 0 Å². The molecule has 0 aromatic heterocycles. The Morgan fingerprint density at radius 1 is 1.50 bits per heavy atom. The Morgan fingerprint density at radius 3 is 3.00 bits per heavy atom. The van der Waals surface area contributed by atoms with E-state index in [0.29, 0.717) is 11.6 Å². The van der Waals surface area contributed by atoms with E-state index in [1.807, 2.05) is 12.1 Å². The molecule has 1 heterocycles. The van der Waals surface area contributed by atoms with Gasteiger partial charge in [-0.3, -0.25) is 0 Å². The van der Waals surface area contributed by atoms with Crippen molar-refractivity contribution in [2.75, 3.05) is 24.5 Å². The number of benzene rings is 1. The van der Waals surface area contributed by atoms with E-state index in [9.17, 15) is 9.90 Å². The fourth-order valence-electron chi connectivity index (χ4n) is 2.57. The van der Waals surface area contributed by atoms with Gasteiger partial charge in [0.1, 0.15) is 0 Å². The molecule has 1 aliphatic heterocycles. The zero-order chi connectivity index (χ0) is 13.0. The number of nitrogens with one attached hydrogen (secondary N) is 1. The van der Waals surface area contributed by atoms with Crippen molar-refractivity contribution in [1.82, 2.24) is 5.32 Å². The van der Waals surface area contributed by atoms with E-state index in [4.69, 9.17) is 0 Å². The molecule has 1 fully saturated rings. The van der Waals surface area contributed by atoms with Gasteiger partial charge in [-0.2, -0.15) is 0 Å². The minimum absolute atomic E-state index is 0.393. The maximum Gasteiger partial charge on any atom is 0.337 e. The van der Waals surface area contributed by atoms with E-state index in [1.54, 1.807) is 12.1 Å². The van der Waals surface area contributed by atoms with Gasteiger partial charge in [0.25, 0.3) is 0 Å². The fourth-order valence-corrected chi connectivity index (χ4v) is 2.57. The topological polar surface area (TPSA) is 52.6 Å². The van der Waals surface area contributed by atoms with Crippen LogP contribution in [0.25, 0.3) is 0 Å². The van der Waals surface area contributed by atoms with Crippen LogP contribution in [0.15, 0.2) is 24.3 Å². The lowest BCUT2D eigenvalue weighted by Gasteiger charge is -2.38. The summed E-state index contributed by atoms with van der Waals surface area (Å²) in [4.78, 5) is 13.5. The Balaban J connectivity index is 2.30. The van der Waals surface area contributed by atoms with Crippen molar-refractivity contribution in [3.05, 3.63) is 29.8 Å². The predicted octanol–water partition coefficient (Wildman–Crippen LogP) is 1.96. The van der Waals surface area contributed by atoms with Gasteiger partial charge in [-0.05, 0) is 18.6 Å². The first kappa shape index (κ1) is 12.9. The summed E-state index contributed by atoms with van der Waals surface area (Å²) >= 11 is 0. The quantitative estimate of drug-likeness (QED) is 0.855. The van der Waals surface area contributed by atoms with Crippen LogP contribution in [0.2, 0.25) is 0 Å². The lowest BCUT2D eigenvalue weighted by atomic mass is 10.0. The van der Waals surface area contributed by atoms with Gasteiger partial charge in [0.2, 0.25) is 0 Å². The summed E-state index contributed by atoms with van der Waals surface area (Å²) in [5, 5.41) is 12.6. The van der Waals surface area contributed by atoms with Crippen LogP contribution in [0.1, 0.15) is 30.1 Å².